The summed E-state index contributed by atoms with van der Waals surface area (Å²) in [5, 5.41) is 0. The maximum absolute atomic E-state index is 2.34. The first-order valence-electron chi connectivity index (χ1n) is 10.9. The third-order valence-electron chi connectivity index (χ3n) is 4.94. The molecule has 0 unspecified atom stereocenters. The van der Waals surface area contributed by atoms with Crippen molar-refractivity contribution in [3.05, 3.63) is 42.6 Å². The number of hydrogen-bond acceptors (Lipinski definition) is 1. The van der Waals surface area contributed by atoms with Gasteiger partial charge in [-0.2, -0.15) is 0 Å². The van der Waals surface area contributed by atoms with Crippen LogP contribution in [0.5, 0.6) is 0 Å². The largest absolute Gasteiger partial charge is 0.349 e. The standard InChI is InChI=1S/C24H41N/c1-3-5-6-7-8-9-10-11-12-13-14-15-16-20-23-25(4-2)24-21-18-17-19-22-24/h17-23H,3-16H2,1-2H3. The Bertz CT molecular complexity index is 409. The molecule has 0 aliphatic heterocycles. The van der Waals surface area contributed by atoms with Crippen LogP contribution in [0.4, 0.5) is 5.69 Å². The number of nitrogens with zero attached hydrogens (tertiary/aromatic N) is 1. The van der Waals surface area contributed by atoms with Crippen molar-refractivity contribution in [1.82, 2.24) is 0 Å². The number of rotatable bonds is 16. The molecule has 0 saturated heterocycles. The summed E-state index contributed by atoms with van der Waals surface area (Å²) >= 11 is 0. The van der Waals surface area contributed by atoms with Crippen LogP contribution < -0.4 is 4.90 Å². The summed E-state index contributed by atoms with van der Waals surface area (Å²) < 4.78 is 0. The molecule has 1 nitrogen and oxygen atoms in total. The predicted octanol–water partition coefficient (Wildman–Crippen LogP) is 8.12. The molecule has 25 heavy (non-hydrogen) atoms. The van der Waals surface area contributed by atoms with Gasteiger partial charge in [0.05, 0.1) is 0 Å². The second-order valence-electron chi connectivity index (χ2n) is 7.18. The molecule has 0 atom stereocenters. The Morgan fingerprint density at radius 3 is 1.72 bits per heavy atom. The third kappa shape index (κ3) is 11.9. The number of unbranched alkanes of at least 4 members (excludes halogenated alkanes) is 12. The molecule has 142 valence electrons. The van der Waals surface area contributed by atoms with Gasteiger partial charge in [-0.1, -0.05) is 102 Å². The molecule has 1 rings (SSSR count). The Labute approximate surface area is 157 Å². The van der Waals surface area contributed by atoms with Gasteiger partial charge in [-0.15, -0.1) is 0 Å². The van der Waals surface area contributed by atoms with Gasteiger partial charge in [0.2, 0.25) is 0 Å². The highest BCUT2D eigenvalue weighted by Gasteiger charge is 1.98. The zero-order chi connectivity index (χ0) is 18.0. The minimum atomic E-state index is 1.03. The lowest BCUT2D eigenvalue weighted by Gasteiger charge is -2.18. The normalized spacial score (nSPS) is 11.3. The van der Waals surface area contributed by atoms with Crippen molar-refractivity contribution in [3.8, 4) is 0 Å². The lowest BCUT2D eigenvalue weighted by atomic mass is 10.0. The quantitative estimate of drug-likeness (QED) is 0.274. The summed E-state index contributed by atoms with van der Waals surface area (Å²) in [5.74, 6) is 0. The zero-order valence-electron chi connectivity index (χ0n) is 16.9. The van der Waals surface area contributed by atoms with Crippen LogP contribution in [0.3, 0.4) is 0 Å². The second kappa shape index (κ2) is 16.2. The van der Waals surface area contributed by atoms with E-state index in [1.54, 1.807) is 0 Å². The molecule has 0 N–H and O–H groups in total. The minimum absolute atomic E-state index is 1.03. The second-order valence-corrected chi connectivity index (χ2v) is 7.18. The van der Waals surface area contributed by atoms with Crippen molar-refractivity contribution in [1.29, 1.82) is 0 Å². The average molecular weight is 344 g/mol. The van der Waals surface area contributed by atoms with E-state index < -0.39 is 0 Å². The maximum Gasteiger partial charge on any atom is 0.0405 e. The van der Waals surface area contributed by atoms with Crippen LogP contribution in [0.15, 0.2) is 42.6 Å². The van der Waals surface area contributed by atoms with Crippen molar-refractivity contribution in [2.45, 2.75) is 97.3 Å². The molecular weight excluding hydrogens is 302 g/mol. The van der Waals surface area contributed by atoms with E-state index in [0.717, 1.165) is 6.54 Å². The third-order valence-corrected chi connectivity index (χ3v) is 4.94. The van der Waals surface area contributed by atoms with Crippen molar-refractivity contribution >= 4 is 5.69 Å². The first-order chi connectivity index (χ1) is 12.4. The van der Waals surface area contributed by atoms with Gasteiger partial charge in [-0.05, 0) is 31.9 Å². The van der Waals surface area contributed by atoms with Crippen LogP contribution >= 0.6 is 0 Å². The van der Waals surface area contributed by atoms with Gasteiger partial charge < -0.3 is 4.90 Å². The molecule has 1 aromatic rings. The van der Waals surface area contributed by atoms with Crippen LogP contribution in [0, 0.1) is 0 Å². The predicted molar refractivity (Wildman–Crippen MR) is 114 cm³/mol. The minimum Gasteiger partial charge on any atom is -0.349 e. The molecular formula is C24H41N. The monoisotopic (exact) mass is 343 g/mol. The molecule has 0 fully saturated rings. The lowest BCUT2D eigenvalue weighted by Crippen LogP contribution is -2.14. The van der Waals surface area contributed by atoms with Crippen molar-refractivity contribution in [3.63, 3.8) is 0 Å². The van der Waals surface area contributed by atoms with Crippen molar-refractivity contribution in [2.75, 3.05) is 11.4 Å². The Balaban J connectivity index is 1.93. The van der Waals surface area contributed by atoms with Gasteiger partial charge in [-0.3, -0.25) is 0 Å². The Morgan fingerprint density at radius 2 is 1.20 bits per heavy atom. The Hall–Kier alpha value is -1.24. The van der Waals surface area contributed by atoms with Gasteiger partial charge in [-0.25, -0.2) is 0 Å². The summed E-state index contributed by atoms with van der Waals surface area (Å²) in [5.41, 5.74) is 1.29. The molecule has 0 aromatic heterocycles. The summed E-state index contributed by atoms with van der Waals surface area (Å²) in [4.78, 5) is 2.32. The zero-order valence-corrected chi connectivity index (χ0v) is 16.9. The fourth-order valence-electron chi connectivity index (χ4n) is 3.30. The molecule has 0 saturated carbocycles. The Kier molecular flexibility index (Phi) is 14.2. The number of para-hydroxylation sites is 1. The van der Waals surface area contributed by atoms with E-state index >= 15 is 0 Å². The fourth-order valence-corrected chi connectivity index (χ4v) is 3.30. The molecule has 1 aromatic carbocycles. The van der Waals surface area contributed by atoms with E-state index in [9.17, 15) is 0 Å². The number of allylic oxidation sites excluding steroid dienone is 1. The molecule has 0 aliphatic carbocycles. The fraction of sp³-hybridized carbons (Fsp3) is 0.667. The number of hydrogen-bond donors (Lipinski definition) is 0. The van der Waals surface area contributed by atoms with Crippen LogP contribution in [-0.4, -0.2) is 6.54 Å². The van der Waals surface area contributed by atoms with Crippen LogP contribution in [0.1, 0.15) is 97.3 Å². The highest BCUT2D eigenvalue weighted by atomic mass is 15.1. The number of benzene rings is 1. The van der Waals surface area contributed by atoms with E-state index in [4.69, 9.17) is 0 Å². The van der Waals surface area contributed by atoms with E-state index in [-0.39, 0.29) is 0 Å². The van der Waals surface area contributed by atoms with Crippen LogP contribution in [-0.2, 0) is 0 Å². The van der Waals surface area contributed by atoms with Gasteiger partial charge >= 0.3 is 0 Å². The molecule has 0 aliphatic rings. The van der Waals surface area contributed by atoms with E-state index in [2.05, 4.69) is 61.4 Å². The van der Waals surface area contributed by atoms with Gasteiger partial charge in [0.1, 0.15) is 0 Å². The number of anilines is 1. The van der Waals surface area contributed by atoms with Crippen molar-refractivity contribution in [2.24, 2.45) is 0 Å². The van der Waals surface area contributed by atoms with Crippen LogP contribution in [0.2, 0.25) is 0 Å². The summed E-state index contributed by atoms with van der Waals surface area (Å²) in [7, 11) is 0. The molecule has 0 heterocycles. The molecule has 0 bridgehead atoms. The van der Waals surface area contributed by atoms with Gasteiger partial charge in [0.15, 0.2) is 0 Å². The summed E-state index contributed by atoms with van der Waals surface area (Å²) in [6.07, 6.45) is 22.9. The maximum atomic E-state index is 2.34. The van der Waals surface area contributed by atoms with E-state index in [1.165, 1.54) is 89.2 Å². The lowest BCUT2D eigenvalue weighted by molar-refractivity contribution is 0.545. The topological polar surface area (TPSA) is 3.24 Å². The van der Waals surface area contributed by atoms with Gasteiger partial charge in [0, 0.05) is 18.4 Å². The summed E-state index contributed by atoms with van der Waals surface area (Å²) in [6.45, 7) is 5.53. The highest BCUT2D eigenvalue weighted by molar-refractivity contribution is 5.48. The molecule has 0 radical (unpaired) electrons. The molecule has 0 amide bonds. The van der Waals surface area contributed by atoms with E-state index in [1.807, 2.05) is 0 Å². The smallest absolute Gasteiger partial charge is 0.0405 e. The first-order valence-corrected chi connectivity index (χ1v) is 10.9. The Morgan fingerprint density at radius 1 is 0.680 bits per heavy atom. The van der Waals surface area contributed by atoms with Crippen molar-refractivity contribution < 1.29 is 0 Å². The molecule has 0 spiro atoms. The summed E-state index contributed by atoms with van der Waals surface area (Å²) in [6, 6.07) is 10.6. The first kappa shape index (κ1) is 21.8. The van der Waals surface area contributed by atoms with Gasteiger partial charge in [0.25, 0.3) is 0 Å². The average Bonchev–Trinajstić information content (AvgIpc) is 2.66. The highest BCUT2D eigenvalue weighted by Crippen LogP contribution is 2.15. The van der Waals surface area contributed by atoms with E-state index in [0.29, 0.717) is 0 Å². The molecule has 1 heteroatoms. The van der Waals surface area contributed by atoms with Crippen LogP contribution in [0.25, 0.3) is 0 Å². The SMILES string of the molecule is CCCCCCCCCCCCCCC=CN(CC)c1ccccc1.